The van der Waals surface area contributed by atoms with Crippen LogP contribution in [0.1, 0.15) is 29.3 Å². The summed E-state index contributed by atoms with van der Waals surface area (Å²) >= 11 is 3.77. The van der Waals surface area contributed by atoms with Crippen molar-refractivity contribution in [2.45, 2.75) is 20.3 Å². The van der Waals surface area contributed by atoms with Crippen LogP contribution in [0.3, 0.4) is 0 Å². The van der Waals surface area contributed by atoms with E-state index >= 15 is 0 Å². The minimum Gasteiger partial charge on any atom is -0.140 e. The molecule has 0 unspecified atom stereocenters. The average Bonchev–Trinajstić information content (AvgIpc) is 3.39. The van der Waals surface area contributed by atoms with Crippen LogP contribution in [0.15, 0.2) is 103 Å². The lowest BCUT2D eigenvalue weighted by Crippen LogP contribution is -2.17. The van der Waals surface area contributed by atoms with Gasteiger partial charge in [-0.25, -0.2) is 0 Å². The fourth-order valence-electron chi connectivity index (χ4n) is 5.64. The van der Waals surface area contributed by atoms with Crippen LogP contribution < -0.4 is 9.75 Å². The lowest BCUT2D eigenvalue weighted by atomic mass is 9.95. The molecular formula is C37H28S2. The Morgan fingerprint density at radius 3 is 2.13 bits per heavy atom. The Hall–Kier alpha value is -3.98. The molecule has 0 aliphatic heterocycles. The van der Waals surface area contributed by atoms with E-state index in [4.69, 9.17) is 0 Å². The highest BCUT2D eigenvalue weighted by Gasteiger charge is 2.11. The molecule has 2 aromatic heterocycles. The standard InChI is InChI=1S/C37H28S2/c1-3-9-31-24(2)38-37-19-18-30(23-33(31)37)28-13-7-11-26(21-28)25-10-6-12-27(20-25)29-14-8-17-36-34(22-29)32-15-4-5-16-35(32)39-36/h3-7,9-23H,8H2,1-2H3. The highest BCUT2D eigenvalue weighted by Crippen LogP contribution is 2.36. The van der Waals surface area contributed by atoms with Gasteiger partial charge in [0.25, 0.3) is 0 Å². The van der Waals surface area contributed by atoms with E-state index in [9.17, 15) is 0 Å². The molecule has 0 spiro atoms. The Morgan fingerprint density at radius 2 is 1.33 bits per heavy atom. The molecule has 0 radical (unpaired) electrons. The van der Waals surface area contributed by atoms with Gasteiger partial charge in [0.15, 0.2) is 0 Å². The van der Waals surface area contributed by atoms with Gasteiger partial charge in [0.1, 0.15) is 0 Å². The quantitative estimate of drug-likeness (QED) is 0.210. The summed E-state index contributed by atoms with van der Waals surface area (Å²) in [5.74, 6) is 0. The van der Waals surface area contributed by atoms with E-state index in [0.29, 0.717) is 0 Å². The van der Waals surface area contributed by atoms with Gasteiger partial charge in [0.05, 0.1) is 0 Å². The highest BCUT2D eigenvalue weighted by atomic mass is 32.1. The molecule has 4 aromatic carbocycles. The van der Waals surface area contributed by atoms with Crippen molar-refractivity contribution in [1.82, 2.24) is 0 Å². The molecule has 1 aliphatic rings. The third-order valence-corrected chi connectivity index (χ3v) is 9.86. The minimum atomic E-state index is 0.950. The topological polar surface area (TPSA) is 0 Å². The molecule has 2 heteroatoms. The fraction of sp³-hybridized carbons (Fsp3) is 0.0811. The molecule has 0 atom stereocenters. The second-order valence-electron chi connectivity index (χ2n) is 10.1. The van der Waals surface area contributed by atoms with Crippen molar-refractivity contribution in [3.8, 4) is 22.3 Å². The van der Waals surface area contributed by atoms with E-state index in [1.54, 1.807) is 0 Å². The number of allylic oxidation sites excluding steroid dienone is 3. The number of rotatable bonds is 4. The molecule has 0 nitrogen and oxygen atoms in total. The van der Waals surface area contributed by atoms with Gasteiger partial charge in [-0.3, -0.25) is 0 Å². The highest BCUT2D eigenvalue weighted by molar-refractivity contribution is 7.19. The molecule has 0 saturated carbocycles. The SMILES string of the molecule is CC=Cc1c(C)sc2ccc(-c3cccc(-c4cccc(C5=CCC=c6sc7ccccc7c6=C5)c4)c3)cc12. The predicted molar refractivity (Wildman–Crippen MR) is 175 cm³/mol. The first kappa shape index (κ1) is 24.1. The molecular weight excluding hydrogens is 509 g/mol. The Labute approximate surface area is 237 Å². The summed E-state index contributed by atoms with van der Waals surface area (Å²) in [6, 6.07) is 33.6. The maximum absolute atomic E-state index is 2.38. The van der Waals surface area contributed by atoms with Gasteiger partial charge >= 0.3 is 0 Å². The third kappa shape index (κ3) is 4.40. The van der Waals surface area contributed by atoms with Crippen LogP contribution in [0.4, 0.5) is 0 Å². The lowest BCUT2D eigenvalue weighted by Gasteiger charge is -2.09. The summed E-state index contributed by atoms with van der Waals surface area (Å²) in [5.41, 5.74) is 8.90. The largest absolute Gasteiger partial charge is 0.140 e. The Balaban J connectivity index is 1.28. The van der Waals surface area contributed by atoms with Gasteiger partial charge in [-0.2, -0.15) is 0 Å². The number of hydrogen-bond acceptors (Lipinski definition) is 2. The summed E-state index contributed by atoms with van der Waals surface area (Å²) in [6.45, 7) is 4.31. The van der Waals surface area contributed by atoms with E-state index in [0.717, 1.165) is 6.42 Å². The Bertz CT molecular complexity index is 2060. The van der Waals surface area contributed by atoms with Crippen molar-refractivity contribution in [3.05, 3.63) is 129 Å². The van der Waals surface area contributed by atoms with Gasteiger partial charge in [0, 0.05) is 34.8 Å². The molecule has 188 valence electrons. The second-order valence-corrected chi connectivity index (χ2v) is 12.4. The summed E-state index contributed by atoms with van der Waals surface area (Å²) < 4.78 is 4.08. The maximum atomic E-state index is 2.38. The van der Waals surface area contributed by atoms with Gasteiger partial charge < -0.3 is 0 Å². The second kappa shape index (κ2) is 9.96. The van der Waals surface area contributed by atoms with Crippen LogP contribution in [0.2, 0.25) is 0 Å². The predicted octanol–water partition coefficient (Wildman–Crippen LogP) is 9.84. The molecule has 0 N–H and O–H groups in total. The molecule has 0 amide bonds. The van der Waals surface area contributed by atoms with Crippen LogP contribution in [0.5, 0.6) is 0 Å². The first-order chi connectivity index (χ1) is 19.2. The number of fused-ring (bicyclic) bond motifs is 4. The first-order valence-electron chi connectivity index (χ1n) is 13.4. The summed E-state index contributed by atoms with van der Waals surface area (Å²) in [6.07, 6.45) is 12.4. The van der Waals surface area contributed by atoms with Crippen LogP contribution in [0.25, 0.3) is 66.2 Å². The smallest absolute Gasteiger partial charge is 0.0355 e. The van der Waals surface area contributed by atoms with Crippen molar-refractivity contribution < 1.29 is 0 Å². The van der Waals surface area contributed by atoms with E-state index in [-0.39, 0.29) is 0 Å². The van der Waals surface area contributed by atoms with Gasteiger partial charge in [-0.05, 0) is 95.6 Å². The summed E-state index contributed by atoms with van der Waals surface area (Å²) in [7, 11) is 0. The van der Waals surface area contributed by atoms with E-state index in [1.807, 2.05) is 22.7 Å². The van der Waals surface area contributed by atoms with Crippen LogP contribution in [-0.2, 0) is 0 Å². The molecule has 0 fully saturated rings. The van der Waals surface area contributed by atoms with Gasteiger partial charge in [0.2, 0.25) is 0 Å². The molecule has 0 bridgehead atoms. The number of benzene rings is 4. The van der Waals surface area contributed by atoms with Crippen molar-refractivity contribution in [3.63, 3.8) is 0 Å². The van der Waals surface area contributed by atoms with E-state index in [2.05, 4.69) is 135 Å². The summed E-state index contributed by atoms with van der Waals surface area (Å²) in [5, 5.41) is 4.04. The molecule has 0 saturated heterocycles. The van der Waals surface area contributed by atoms with Crippen LogP contribution in [0, 0.1) is 6.92 Å². The zero-order valence-electron chi connectivity index (χ0n) is 22.1. The van der Waals surface area contributed by atoms with E-state index in [1.165, 1.54) is 73.8 Å². The fourth-order valence-corrected chi connectivity index (χ4v) is 7.81. The number of aryl methyl sites for hydroxylation is 1. The molecule has 1 aliphatic carbocycles. The lowest BCUT2D eigenvalue weighted by molar-refractivity contribution is 1.49. The maximum Gasteiger partial charge on any atom is 0.0355 e. The van der Waals surface area contributed by atoms with Crippen molar-refractivity contribution in [2.24, 2.45) is 0 Å². The minimum absolute atomic E-state index is 0.950. The number of hydrogen-bond donors (Lipinski definition) is 0. The molecule has 7 rings (SSSR count). The number of thiophene rings is 2. The molecule has 6 aromatic rings. The van der Waals surface area contributed by atoms with Gasteiger partial charge in [-0.1, -0.05) is 85.0 Å². The van der Waals surface area contributed by atoms with Crippen molar-refractivity contribution in [2.75, 3.05) is 0 Å². The normalized spacial score (nSPS) is 13.2. The zero-order chi connectivity index (χ0) is 26.3. The van der Waals surface area contributed by atoms with Gasteiger partial charge in [-0.15, -0.1) is 22.7 Å². The average molecular weight is 537 g/mol. The Kier molecular flexibility index (Phi) is 6.15. The zero-order valence-corrected chi connectivity index (χ0v) is 23.7. The molecule has 39 heavy (non-hydrogen) atoms. The van der Waals surface area contributed by atoms with Crippen LogP contribution in [-0.4, -0.2) is 0 Å². The van der Waals surface area contributed by atoms with Crippen molar-refractivity contribution >= 4 is 66.6 Å². The first-order valence-corrected chi connectivity index (χ1v) is 15.1. The Morgan fingerprint density at radius 1 is 0.641 bits per heavy atom. The van der Waals surface area contributed by atoms with E-state index < -0.39 is 0 Å². The monoisotopic (exact) mass is 536 g/mol. The van der Waals surface area contributed by atoms with Crippen molar-refractivity contribution in [1.29, 1.82) is 0 Å². The molecule has 2 heterocycles. The summed E-state index contributed by atoms with van der Waals surface area (Å²) in [4.78, 5) is 1.37. The third-order valence-electron chi connectivity index (χ3n) is 7.57. The van der Waals surface area contributed by atoms with Crippen LogP contribution >= 0.6 is 22.7 Å².